The van der Waals surface area contributed by atoms with Gasteiger partial charge in [-0.3, -0.25) is 4.79 Å². The van der Waals surface area contributed by atoms with Crippen LogP contribution in [0.3, 0.4) is 0 Å². The molecular formula is C23H24Cl2N4O. The average Bonchev–Trinajstić information content (AvgIpc) is 3.28. The number of carbonyl (C=O) groups is 1. The molecule has 0 radical (unpaired) electrons. The number of Topliss-reactive ketones (excluding diaryl/α,β-unsaturated/α-hetero) is 1. The quantitative estimate of drug-likeness (QED) is 0.431. The number of hydrogen-bond donors (Lipinski definition) is 2. The summed E-state index contributed by atoms with van der Waals surface area (Å²) in [5.74, 6) is -0.984. The number of rotatable bonds is 4. The highest BCUT2D eigenvalue weighted by Crippen LogP contribution is 2.40. The smallest absolute Gasteiger partial charge is 0.155 e. The molecule has 4 rings (SSSR count). The summed E-state index contributed by atoms with van der Waals surface area (Å²) in [4.78, 5) is 11.5. The lowest BCUT2D eigenvalue weighted by atomic mass is 9.75. The zero-order valence-corrected chi connectivity index (χ0v) is 18.3. The summed E-state index contributed by atoms with van der Waals surface area (Å²) in [5, 5.41) is 0. The molecule has 7 heteroatoms. The van der Waals surface area contributed by atoms with Gasteiger partial charge in [-0.05, 0) is 58.7 Å². The van der Waals surface area contributed by atoms with Crippen LogP contribution in [-0.4, -0.2) is 24.9 Å². The SMILES string of the molecule is Cn1ccc(C2=CC(N)(Cl)C=CC2C(=O)C2C=CC(N)(Cl)C=C2c2ccn(C)c2)c1. The van der Waals surface area contributed by atoms with Crippen molar-refractivity contribution >= 4 is 40.1 Å². The van der Waals surface area contributed by atoms with Crippen molar-refractivity contribution in [3.8, 4) is 0 Å². The lowest BCUT2D eigenvalue weighted by Crippen LogP contribution is -2.36. The van der Waals surface area contributed by atoms with Crippen LogP contribution in [0.4, 0.5) is 0 Å². The van der Waals surface area contributed by atoms with Crippen LogP contribution >= 0.6 is 23.2 Å². The van der Waals surface area contributed by atoms with E-state index in [1.807, 2.05) is 60.1 Å². The Balaban J connectivity index is 1.75. The molecule has 4 unspecified atom stereocenters. The van der Waals surface area contributed by atoms with E-state index in [2.05, 4.69) is 0 Å². The highest BCUT2D eigenvalue weighted by Gasteiger charge is 2.37. The molecule has 0 aliphatic heterocycles. The molecule has 2 aliphatic carbocycles. The Labute approximate surface area is 185 Å². The first-order chi connectivity index (χ1) is 14.0. The van der Waals surface area contributed by atoms with E-state index >= 15 is 0 Å². The lowest BCUT2D eigenvalue weighted by Gasteiger charge is -2.31. The molecule has 2 aromatic rings. The number of halogens is 2. The van der Waals surface area contributed by atoms with Crippen LogP contribution in [0.25, 0.3) is 11.1 Å². The molecule has 0 bridgehead atoms. The van der Waals surface area contributed by atoms with E-state index in [0.29, 0.717) is 0 Å². The predicted molar refractivity (Wildman–Crippen MR) is 123 cm³/mol. The molecule has 2 aliphatic rings. The molecule has 4 atom stereocenters. The molecule has 156 valence electrons. The summed E-state index contributed by atoms with van der Waals surface area (Å²) in [6.45, 7) is 0. The van der Waals surface area contributed by atoms with Gasteiger partial charge in [-0.2, -0.15) is 0 Å². The van der Waals surface area contributed by atoms with Gasteiger partial charge in [0.05, 0.1) is 11.8 Å². The van der Waals surface area contributed by atoms with Crippen molar-refractivity contribution in [2.24, 2.45) is 37.4 Å². The van der Waals surface area contributed by atoms with Crippen molar-refractivity contribution < 1.29 is 4.79 Å². The minimum Gasteiger partial charge on any atom is -0.357 e. The first-order valence-electron chi connectivity index (χ1n) is 9.63. The normalized spacial score (nSPS) is 30.9. The first-order valence-corrected chi connectivity index (χ1v) is 10.4. The number of ketones is 1. The van der Waals surface area contributed by atoms with Gasteiger partial charge in [0.25, 0.3) is 0 Å². The highest BCUT2D eigenvalue weighted by molar-refractivity contribution is 6.28. The van der Waals surface area contributed by atoms with E-state index in [4.69, 9.17) is 34.7 Å². The van der Waals surface area contributed by atoms with Crippen molar-refractivity contribution in [2.75, 3.05) is 0 Å². The molecular weight excluding hydrogens is 419 g/mol. The van der Waals surface area contributed by atoms with Crippen LogP contribution in [0.5, 0.6) is 0 Å². The zero-order chi connectivity index (χ0) is 21.7. The minimum absolute atomic E-state index is 0.00652. The van der Waals surface area contributed by atoms with Crippen LogP contribution in [0.15, 0.2) is 73.4 Å². The number of allylic oxidation sites excluding steroid dienone is 4. The molecule has 0 spiro atoms. The maximum atomic E-state index is 13.8. The average molecular weight is 443 g/mol. The van der Waals surface area contributed by atoms with Gasteiger partial charge in [-0.25, -0.2) is 0 Å². The molecule has 0 saturated heterocycles. The maximum Gasteiger partial charge on any atom is 0.155 e. The van der Waals surface area contributed by atoms with Crippen LogP contribution < -0.4 is 11.5 Å². The zero-order valence-electron chi connectivity index (χ0n) is 16.8. The van der Waals surface area contributed by atoms with Gasteiger partial charge < -0.3 is 20.6 Å². The van der Waals surface area contributed by atoms with E-state index in [-0.39, 0.29) is 5.78 Å². The third-order valence-electron chi connectivity index (χ3n) is 5.46. The standard InChI is InChI=1S/C23H24Cl2N4O/c1-28-9-5-15(13-28)19-11-22(24,26)7-3-17(19)21(30)18-4-8-23(25,27)12-20(18)16-6-10-29(2)14-16/h3-14,17-18H,26-27H2,1-2H3. The van der Waals surface area contributed by atoms with Gasteiger partial charge in [-0.1, -0.05) is 35.4 Å². The molecule has 0 aromatic carbocycles. The Morgan fingerprint density at radius 1 is 0.867 bits per heavy atom. The maximum absolute atomic E-state index is 13.8. The first kappa shape index (κ1) is 20.9. The summed E-state index contributed by atoms with van der Waals surface area (Å²) in [5.41, 5.74) is 15.7. The Bertz CT molecular complexity index is 1030. The van der Waals surface area contributed by atoms with Gasteiger partial charge in [-0.15, -0.1) is 0 Å². The third kappa shape index (κ3) is 4.12. The Hall–Kier alpha value is -2.31. The number of carbonyl (C=O) groups excluding carboxylic acids is 1. The highest BCUT2D eigenvalue weighted by atomic mass is 35.5. The third-order valence-corrected chi connectivity index (χ3v) is 5.93. The van der Waals surface area contributed by atoms with Crippen LogP contribution in [-0.2, 0) is 18.9 Å². The monoisotopic (exact) mass is 442 g/mol. The Kier molecular flexibility index (Phi) is 5.19. The summed E-state index contributed by atoms with van der Waals surface area (Å²) in [7, 11) is 3.86. The Morgan fingerprint density at radius 3 is 1.60 bits per heavy atom. The van der Waals surface area contributed by atoms with E-state index in [1.54, 1.807) is 36.5 Å². The molecule has 0 amide bonds. The number of alkyl halides is 2. The van der Waals surface area contributed by atoms with Crippen molar-refractivity contribution in [1.29, 1.82) is 0 Å². The molecule has 4 N–H and O–H groups in total. The topological polar surface area (TPSA) is 79.0 Å². The van der Waals surface area contributed by atoms with E-state index in [0.717, 1.165) is 22.3 Å². The number of aryl methyl sites for hydroxylation is 2. The fraction of sp³-hybridized carbons (Fsp3) is 0.261. The summed E-state index contributed by atoms with van der Waals surface area (Å²) < 4.78 is 3.85. The number of hydrogen-bond acceptors (Lipinski definition) is 3. The van der Waals surface area contributed by atoms with Crippen LogP contribution in [0.1, 0.15) is 11.1 Å². The van der Waals surface area contributed by atoms with Crippen molar-refractivity contribution in [2.45, 2.75) is 10.00 Å². The number of nitrogens with zero attached hydrogens (tertiary/aromatic N) is 2. The summed E-state index contributed by atoms with van der Waals surface area (Å²) in [6.07, 6.45) is 18.2. The van der Waals surface area contributed by atoms with Gasteiger partial charge in [0.1, 0.15) is 10.00 Å². The van der Waals surface area contributed by atoms with Gasteiger partial charge in [0.15, 0.2) is 5.78 Å². The fourth-order valence-electron chi connectivity index (χ4n) is 4.01. The second kappa shape index (κ2) is 7.43. The molecule has 0 saturated carbocycles. The lowest BCUT2D eigenvalue weighted by molar-refractivity contribution is -0.121. The number of nitrogens with two attached hydrogens (primary N) is 2. The molecule has 5 nitrogen and oxygen atoms in total. The van der Waals surface area contributed by atoms with E-state index in [9.17, 15) is 4.79 Å². The van der Waals surface area contributed by atoms with Gasteiger partial charge in [0.2, 0.25) is 0 Å². The molecule has 30 heavy (non-hydrogen) atoms. The van der Waals surface area contributed by atoms with Crippen LogP contribution in [0, 0.1) is 11.8 Å². The van der Waals surface area contributed by atoms with Crippen molar-refractivity contribution in [1.82, 2.24) is 9.13 Å². The molecule has 2 heterocycles. The summed E-state index contributed by atoms with van der Waals surface area (Å²) in [6, 6.07) is 3.90. The second-order valence-corrected chi connectivity index (χ2v) is 9.37. The Morgan fingerprint density at radius 2 is 1.27 bits per heavy atom. The predicted octanol–water partition coefficient (Wildman–Crippen LogP) is 3.56. The van der Waals surface area contributed by atoms with Gasteiger partial charge >= 0.3 is 0 Å². The minimum atomic E-state index is -1.13. The van der Waals surface area contributed by atoms with E-state index < -0.39 is 21.8 Å². The van der Waals surface area contributed by atoms with Gasteiger partial charge in [0, 0.05) is 38.9 Å². The van der Waals surface area contributed by atoms with Crippen LogP contribution in [0.2, 0.25) is 0 Å². The fourth-order valence-corrected chi connectivity index (χ4v) is 4.39. The van der Waals surface area contributed by atoms with Crippen molar-refractivity contribution in [3.05, 3.63) is 84.5 Å². The summed E-state index contributed by atoms with van der Waals surface area (Å²) >= 11 is 12.8. The second-order valence-electron chi connectivity index (χ2n) is 8.06. The largest absolute Gasteiger partial charge is 0.357 e. The number of aromatic nitrogens is 2. The van der Waals surface area contributed by atoms with Crippen molar-refractivity contribution in [3.63, 3.8) is 0 Å². The van der Waals surface area contributed by atoms with E-state index in [1.165, 1.54) is 0 Å². The molecule has 2 aromatic heterocycles. The molecule has 0 fully saturated rings.